The van der Waals surface area contributed by atoms with Crippen molar-refractivity contribution in [2.24, 2.45) is 11.8 Å². The monoisotopic (exact) mass is 504 g/mol. The standard InChI is InChI=1S/C25H21BrN4O3/c1-14-22(26)15(2)28-24(23(14)30(32)33)29-25(31)21-12-18(21)10-16-8-9-20(19(11-16)13-27)17-6-4-3-5-7-17/h3-9,11,18,21H,10,12H2,1-2H3,(H,28,29,31). The molecule has 0 bridgehead atoms. The molecule has 33 heavy (non-hydrogen) atoms. The molecule has 7 nitrogen and oxygen atoms in total. The maximum atomic E-state index is 12.8. The summed E-state index contributed by atoms with van der Waals surface area (Å²) < 4.78 is 0.559. The summed E-state index contributed by atoms with van der Waals surface area (Å²) in [4.78, 5) is 28.0. The van der Waals surface area contributed by atoms with Crippen LogP contribution in [0.2, 0.25) is 0 Å². The van der Waals surface area contributed by atoms with Crippen LogP contribution in [0.5, 0.6) is 0 Å². The molecular weight excluding hydrogens is 484 g/mol. The summed E-state index contributed by atoms with van der Waals surface area (Å²) in [5, 5.41) is 23.8. The molecule has 1 amide bonds. The quantitative estimate of drug-likeness (QED) is 0.340. The number of nitrogens with one attached hydrogen (secondary N) is 1. The Morgan fingerprint density at radius 1 is 1.27 bits per heavy atom. The highest BCUT2D eigenvalue weighted by Crippen LogP contribution is 2.43. The van der Waals surface area contributed by atoms with Crippen LogP contribution in [0.1, 0.15) is 28.8 Å². The fraction of sp³-hybridized carbons (Fsp3) is 0.240. The van der Waals surface area contributed by atoms with Crippen molar-refractivity contribution in [2.45, 2.75) is 26.7 Å². The SMILES string of the molecule is Cc1nc(NC(=O)C2CC2Cc2ccc(-c3ccccc3)c(C#N)c2)c([N+](=O)[O-])c(C)c1Br. The minimum Gasteiger partial charge on any atom is -0.305 e. The van der Waals surface area contributed by atoms with Gasteiger partial charge in [-0.25, -0.2) is 4.98 Å². The molecular formula is C25H21BrN4O3. The summed E-state index contributed by atoms with van der Waals surface area (Å²) in [5.41, 5.74) is 4.26. The average molecular weight is 505 g/mol. The molecule has 2 atom stereocenters. The Morgan fingerprint density at radius 3 is 2.67 bits per heavy atom. The molecule has 1 aliphatic carbocycles. The number of pyridine rings is 1. The summed E-state index contributed by atoms with van der Waals surface area (Å²) in [6, 6.07) is 17.8. The van der Waals surface area contributed by atoms with E-state index >= 15 is 0 Å². The molecule has 1 aliphatic rings. The molecule has 1 aromatic heterocycles. The molecule has 0 spiro atoms. The summed E-state index contributed by atoms with van der Waals surface area (Å²) in [6.07, 6.45) is 1.35. The Labute approximate surface area is 199 Å². The van der Waals surface area contributed by atoms with Crippen molar-refractivity contribution >= 4 is 33.3 Å². The van der Waals surface area contributed by atoms with Crippen molar-refractivity contribution in [3.05, 3.63) is 85.5 Å². The lowest BCUT2D eigenvalue weighted by Gasteiger charge is -2.10. The molecule has 166 valence electrons. The highest BCUT2D eigenvalue weighted by atomic mass is 79.9. The lowest BCUT2D eigenvalue weighted by molar-refractivity contribution is -0.384. The number of nitriles is 1. The molecule has 1 N–H and O–H groups in total. The second-order valence-corrected chi connectivity index (χ2v) is 9.04. The number of hydrogen-bond acceptors (Lipinski definition) is 5. The smallest absolute Gasteiger partial charge is 0.305 e. The molecule has 2 aromatic carbocycles. The number of carbonyl (C=O) groups excluding carboxylic acids is 1. The lowest BCUT2D eigenvalue weighted by atomic mass is 9.96. The number of rotatable bonds is 6. The fourth-order valence-corrected chi connectivity index (χ4v) is 4.40. The van der Waals surface area contributed by atoms with Gasteiger partial charge in [-0.15, -0.1) is 0 Å². The molecule has 1 fully saturated rings. The molecule has 0 radical (unpaired) electrons. The number of halogens is 1. The number of aryl methyl sites for hydroxylation is 1. The van der Waals surface area contributed by atoms with Gasteiger partial charge in [-0.05, 0) is 71.3 Å². The van der Waals surface area contributed by atoms with Gasteiger partial charge in [0.1, 0.15) is 0 Å². The van der Waals surface area contributed by atoms with Crippen molar-refractivity contribution in [1.29, 1.82) is 5.26 Å². The Kier molecular flexibility index (Phi) is 6.25. The van der Waals surface area contributed by atoms with Gasteiger partial charge in [0.25, 0.3) is 0 Å². The number of carbonyl (C=O) groups is 1. The Hall–Kier alpha value is -3.57. The van der Waals surface area contributed by atoms with Crippen LogP contribution in [-0.2, 0) is 11.2 Å². The van der Waals surface area contributed by atoms with Gasteiger partial charge in [-0.1, -0.05) is 42.5 Å². The number of anilines is 1. The number of amides is 1. The Bertz CT molecular complexity index is 1300. The van der Waals surface area contributed by atoms with Crippen LogP contribution in [0, 0.1) is 47.1 Å². The summed E-state index contributed by atoms with van der Waals surface area (Å²) in [7, 11) is 0. The molecule has 0 aliphatic heterocycles. The summed E-state index contributed by atoms with van der Waals surface area (Å²) in [6.45, 7) is 3.35. The predicted octanol–water partition coefficient (Wildman–Crippen LogP) is 5.73. The van der Waals surface area contributed by atoms with Crippen LogP contribution in [-0.4, -0.2) is 15.8 Å². The van der Waals surface area contributed by atoms with E-state index in [-0.39, 0.29) is 29.2 Å². The van der Waals surface area contributed by atoms with Crippen LogP contribution < -0.4 is 5.32 Å². The van der Waals surface area contributed by atoms with Crippen molar-refractivity contribution < 1.29 is 9.72 Å². The highest BCUT2D eigenvalue weighted by molar-refractivity contribution is 9.10. The largest absolute Gasteiger partial charge is 0.315 e. The van der Waals surface area contributed by atoms with Crippen LogP contribution in [0.4, 0.5) is 11.5 Å². The number of nitro groups is 1. The van der Waals surface area contributed by atoms with Gasteiger partial charge in [0.2, 0.25) is 11.7 Å². The molecule has 4 rings (SSSR count). The van der Waals surface area contributed by atoms with Gasteiger partial charge in [0.15, 0.2) is 0 Å². The predicted molar refractivity (Wildman–Crippen MR) is 129 cm³/mol. The van der Waals surface area contributed by atoms with Crippen LogP contribution >= 0.6 is 15.9 Å². The number of benzene rings is 2. The van der Waals surface area contributed by atoms with E-state index in [1.807, 2.05) is 48.5 Å². The van der Waals surface area contributed by atoms with E-state index in [4.69, 9.17) is 0 Å². The van der Waals surface area contributed by atoms with E-state index < -0.39 is 4.92 Å². The first-order valence-corrected chi connectivity index (χ1v) is 11.3. The molecule has 1 heterocycles. The minimum atomic E-state index is -0.524. The van der Waals surface area contributed by atoms with Gasteiger partial charge in [0.05, 0.1) is 22.2 Å². The van der Waals surface area contributed by atoms with Crippen LogP contribution in [0.25, 0.3) is 11.1 Å². The number of nitrogens with zero attached hydrogens (tertiary/aromatic N) is 3. The van der Waals surface area contributed by atoms with Gasteiger partial charge in [0, 0.05) is 16.0 Å². The number of hydrogen-bond donors (Lipinski definition) is 1. The first-order chi connectivity index (χ1) is 15.8. The second-order valence-electron chi connectivity index (χ2n) is 8.24. The van der Waals surface area contributed by atoms with E-state index in [0.717, 1.165) is 16.7 Å². The number of aromatic nitrogens is 1. The third kappa shape index (κ3) is 4.64. The van der Waals surface area contributed by atoms with Crippen LogP contribution in [0.3, 0.4) is 0 Å². The van der Waals surface area contributed by atoms with Crippen LogP contribution in [0.15, 0.2) is 53.0 Å². The fourth-order valence-electron chi connectivity index (χ4n) is 4.12. The van der Waals surface area contributed by atoms with Crippen molar-refractivity contribution in [3.8, 4) is 17.2 Å². The van der Waals surface area contributed by atoms with Gasteiger partial charge < -0.3 is 5.32 Å². The Balaban J connectivity index is 1.47. The second kappa shape index (κ2) is 9.12. The maximum Gasteiger partial charge on any atom is 0.315 e. The van der Waals surface area contributed by atoms with E-state index in [9.17, 15) is 20.2 Å². The van der Waals surface area contributed by atoms with Gasteiger partial charge in [-0.3, -0.25) is 14.9 Å². The highest BCUT2D eigenvalue weighted by Gasteiger charge is 2.43. The van der Waals surface area contributed by atoms with E-state index in [2.05, 4.69) is 32.3 Å². The zero-order valence-corrected chi connectivity index (χ0v) is 19.7. The lowest BCUT2D eigenvalue weighted by Crippen LogP contribution is -2.18. The van der Waals surface area contributed by atoms with E-state index in [1.165, 1.54) is 0 Å². The summed E-state index contributed by atoms with van der Waals surface area (Å²) in [5.74, 6) is -0.406. The van der Waals surface area contributed by atoms with E-state index in [1.54, 1.807) is 13.8 Å². The van der Waals surface area contributed by atoms with Crippen molar-refractivity contribution in [3.63, 3.8) is 0 Å². The van der Waals surface area contributed by atoms with Gasteiger partial charge in [-0.2, -0.15) is 5.26 Å². The molecule has 3 aromatic rings. The molecule has 8 heteroatoms. The van der Waals surface area contributed by atoms with Crippen molar-refractivity contribution in [1.82, 2.24) is 4.98 Å². The van der Waals surface area contributed by atoms with Gasteiger partial charge >= 0.3 is 5.69 Å². The first-order valence-electron chi connectivity index (χ1n) is 10.5. The van der Waals surface area contributed by atoms with Crippen molar-refractivity contribution in [2.75, 3.05) is 5.32 Å². The minimum absolute atomic E-state index is 0.0205. The van der Waals surface area contributed by atoms with E-state index in [0.29, 0.717) is 34.1 Å². The topological polar surface area (TPSA) is 109 Å². The third-order valence-electron chi connectivity index (χ3n) is 5.98. The first kappa shape index (κ1) is 22.6. The zero-order valence-electron chi connectivity index (χ0n) is 18.1. The zero-order chi connectivity index (χ0) is 23.7. The Morgan fingerprint density at radius 2 is 2.00 bits per heavy atom. The molecule has 1 saturated carbocycles. The summed E-state index contributed by atoms with van der Waals surface area (Å²) >= 11 is 3.32. The third-order valence-corrected chi connectivity index (χ3v) is 7.15. The molecule has 2 unspecified atom stereocenters. The molecule has 0 saturated heterocycles. The maximum absolute atomic E-state index is 12.8. The normalized spacial score (nSPS) is 16.7. The average Bonchev–Trinajstić information content (AvgIpc) is 3.57.